The van der Waals surface area contributed by atoms with Crippen LogP contribution in [0.3, 0.4) is 0 Å². The first-order valence-corrected chi connectivity index (χ1v) is 3.72. The van der Waals surface area contributed by atoms with Crippen molar-refractivity contribution >= 4 is 5.78 Å². The molecule has 1 atom stereocenters. The molecule has 0 aliphatic heterocycles. The summed E-state index contributed by atoms with van der Waals surface area (Å²) < 4.78 is 0. The average molecular weight is 142 g/mol. The summed E-state index contributed by atoms with van der Waals surface area (Å²) in [5.74, 6) is 0.0104. The standard InChI is InChI=1S/C8H14O2/c1-8(2)4-3-6(9)7(10)5-8/h6,9H,3-5H2,1-2H3. The maximum absolute atomic E-state index is 11.0. The van der Waals surface area contributed by atoms with Gasteiger partial charge < -0.3 is 5.11 Å². The second kappa shape index (κ2) is 2.35. The minimum absolute atomic E-state index is 0.0104. The molecular formula is C8H14O2. The first kappa shape index (κ1) is 7.73. The fraction of sp³-hybridized carbons (Fsp3) is 0.875. The highest BCUT2D eigenvalue weighted by molar-refractivity contribution is 5.84. The first-order chi connectivity index (χ1) is 4.51. The van der Waals surface area contributed by atoms with E-state index in [1.165, 1.54) is 0 Å². The topological polar surface area (TPSA) is 37.3 Å². The van der Waals surface area contributed by atoms with Gasteiger partial charge in [-0.15, -0.1) is 0 Å². The van der Waals surface area contributed by atoms with E-state index in [1.54, 1.807) is 0 Å². The van der Waals surface area contributed by atoms with Crippen molar-refractivity contribution in [1.29, 1.82) is 0 Å². The Bertz CT molecular complexity index is 149. The molecule has 1 aliphatic carbocycles. The van der Waals surface area contributed by atoms with E-state index in [4.69, 9.17) is 5.11 Å². The Morgan fingerprint density at radius 2 is 2.20 bits per heavy atom. The van der Waals surface area contributed by atoms with Gasteiger partial charge in [0.05, 0.1) is 0 Å². The fourth-order valence-corrected chi connectivity index (χ4v) is 1.37. The molecule has 1 N–H and O–H groups in total. The Balaban J connectivity index is 2.57. The van der Waals surface area contributed by atoms with Gasteiger partial charge in [-0.2, -0.15) is 0 Å². The molecule has 1 fully saturated rings. The molecule has 0 aromatic carbocycles. The highest BCUT2D eigenvalue weighted by atomic mass is 16.3. The zero-order chi connectivity index (χ0) is 7.78. The lowest BCUT2D eigenvalue weighted by Gasteiger charge is -2.30. The molecule has 0 aromatic rings. The van der Waals surface area contributed by atoms with Crippen molar-refractivity contribution in [2.45, 2.75) is 39.2 Å². The van der Waals surface area contributed by atoms with Crippen molar-refractivity contribution in [1.82, 2.24) is 0 Å². The molecule has 0 spiro atoms. The monoisotopic (exact) mass is 142 g/mol. The smallest absolute Gasteiger partial charge is 0.161 e. The van der Waals surface area contributed by atoms with Crippen molar-refractivity contribution in [2.75, 3.05) is 0 Å². The molecule has 1 rings (SSSR count). The van der Waals surface area contributed by atoms with Crippen LogP contribution < -0.4 is 0 Å². The summed E-state index contributed by atoms with van der Waals surface area (Å²) in [5.41, 5.74) is 0.121. The van der Waals surface area contributed by atoms with Gasteiger partial charge in [-0.05, 0) is 18.3 Å². The summed E-state index contributed by atoms with van der Waals surface area (Å²) in [6, 6.07) is 0. The number of Topliss-reactive ketones (excluding diaryl/α,β-unsaturated/α-hetero) is 1. The normalized spacial score (nSPS) is 32.3. The molecule has 10 heavy (non-hydrogen) atoms. The maximum atomic E-state index is 11.0. The van der Waals surface area contributed by atoms with Crippen LogP contribution in [0.1, 0.15) is 33.1 Å². The minimum atomic E-state index is -0.673. The molecule has 2 heteroatoms. The summed E-state index contributed by atoms with van der Waals surface area (Å²) in [4.78, 5) is 11.0. The zero-order valence-corrected chi connectivity index (χ0v) is 6.55. The van der Waals surface area contributed by atoms with E-state index in [9.17, 15) is 4.79 Å². The van der Waals surface area contributed by atoms with E-state index < -0.39 is 6.10 Å². The van der Waals surface area contributed by atoms with Crippen LogP contribution in [-0.2, 0) is 4.79 Å². The third-order valence-electron chi connectivity index (χ3n) is 2.12. The van der Waals surface area contributed by atoms with Gasteiger partial charge in [0.25, 0.3) is 0 Å². The van der Waals surface area contributed by atoms with E-state index in [1.807, 2.05) is 0 Å². The first-order valence-electron chi connectivity index (χ1n) is 3.72. The number of carbonyl (C=O) groups is 1. The molecule has 1 saturated carbocycles. The van der Waals surface area contributed by atoms with Gasteiger partial charge in [-0.3, -0.25) is 4.79 Å². The molecule has 58 valence electrons. The number of carbonyl (C=O) groups excluding carboxylic acids is 1. The number of aliphatic hydroxyl groups excluding tert-OH is 1. The number of hydrogen-bond acceptors (Lipinski definition) is 2. The maximum Gasteiger partial charge on any atom is 0.161 e. The molecule has 1 unspecified atom stereocenters. The van der Waals surface area contributed by atoms with Gasteiger partial charge in [-0.1, -0.05) is 13.8 Å². The molecule has 0 amide bonds. The zero-order valence-electron chi connectivity index (χ0n) is 6.55. The predicted molar refractivity (Wildman–Crippen MR) is 38.6 cm³/mol. The number of aliphatic hydroxyl groups is 1. The lowest BCUT2D eigenvalue weighted by Crippen LogP contribution is -2.33. The molecule has 0 heterocycles. The Morgan fingerprint density at radius 3 is 2.60 bits per heavy atom. The van der Waals surface area contributed by atoms with Gasteiger partial charge in [0.15, 0.2) is 5.78 Å². The summed E-state index contributed by atoms with van der Waals surface area (Å²) in [7, 11) is 0. The lowest BCUT2D eigenvalue weighted by atomic mass is 9.76. The third-order valence-corrected chi connectivity index (χ3v) is 2.12. The summed E-state index contributed by atoms with van der Waals surface area (Å²) in [6.45, 7) is 4.13. The van der Waals surface area contributed by atoms with Gasteiger partial charge in [0, 0.05) is 6.42 Å². The fourth-order valence-electron chi connectivity index (χ4n) is 1.37. The molecule has 1 aliphatic rings. The van der Waals surface area contributed by atoms with Crippen molar-refractivity contribution in [3.63, 3.8) is 0 Å². The van der Waals surface area contributed by atoms with Crippen LogP contribution in [0.25, 0.3) is 0 Å². The van der Waals surface area contributed by atoms with Gasteiger partial charge in [-0.25, -0.2) is 0 Å². The van der Waals surface area contributed by atoms with E-state index in [0.717, 1.165) is 6.42 Å². The van der Waals surface area contributed by atoms with Crippen LogP contribution in [0.15, 0.2) is 0 Å². The summed E-state index contributed by atoms with van der Waals surface area (Å²) >= 11 is 0. The van der Waals surface area contributed by atoms with Gasteiger partial charge in [0.2, 0.25) is 0 Å². The van der Waals surface area contributed by atoms with Crippen LogP contribution >= 0.6 is 0 Å². The van der Waals surface area contributed by atoms with E-state index in [-0.39, 0.29) is 11.2 Å². The average Bonchev–Trinajstić information content (AvgIpc) is 1.79. The highest BCUT2D eigenvalue weighted by Gasteiger charge is 2.31. The molecule has 0 radical (unpaired) electrons. The lowest BCUT2D eigenvalue weighted by molar-refractivity contribution is -0.132. The van der Waals surface area contributed by atoms with E-state index in [2.05, 4.69) is 13.8 Å². The van der Waals surface area contributed by atoms with Crippen molar-refractivity contribution < 1.29 is 9.90 Å². The van der Waals surface area contributed by atoms with Crippen LogP contribution in [0.5, 0.6) is 0 Å². The summed E-state index contributed by atoms with van der Waals surface area (Å²) in [6.07, 6.45) is 1.47. The van der Waals surface area contributed by atoms with Crippen molar-refractivity contribution in [3.05, 3.63) is 0 Å². The largest absolute Gasteiger partial charge is 0.385 e. The molecule has 0 bridgehead atoms. The second-order valence-electron chi connectivity index (χ2n) is 3.86. The van der Waals surface area contributed by atoms with Gasteiger partial charge >= 0.3 is 0 Å². The molecule has 0 saturated heterocycles. The van der Waals surface area contributed by atoms with Crippen LogP contribution in [0.4, 0.5) is 0 Å². The van der Waals surface area contributed by atoms with Crippen LogP contribution in [0.2, 0.25) is 0 Å². The minimum Gasteiger partial charge on any atom is -0.385 e. The number of rotatable bonds is 0. The van der Waals surface area contributed by atoms with Crippen molar-refractivity contribution in [2.24, 2.45) is 5.41 Å². The van der Waals surface area contributed by atoms with E-state index >= 15 is 0 Å². The Kier molecular flexibility index (Phi) is 1.82. The van der Waals surface area contributed by atoms with Crippen LogP contribution in [0, 0.1) is 5.41 Å². The predicted octanol–water partition coefficient (Wildman–Crippen LogP) is 1.13. The molecule has 2 nitrogen and oxygen atoms in total. The van der Waals surface area contributed by atoms with Crippen LogP contribution in [-0.4, -0.2) is 17.0 Å². The van der Waals surface area contributed by atoms with Crippen molar-refractivity contribution in [3.8, 4) is 0 Å². The second-order valence-corrected chi connectivity index (χ2v) is 3.86. The summed E-state index contributed by atoms with van der Waals surface area (Å²) in [5, 5.41) is 9.06. The molecule has 0 aromatic heterocycles. The highest BCUT2D eigenvalue weighted by Crippen LogP contribution is 2.32. The SMILES string of the molecule is CC1(C)CCC(O)C(=O)C1. The Hall–Kier alpha value is -0.370. The van der Waals surface area contributed by atoms with Gasteiger partial charge in [0.1, 0.15) is 6.10 Å². The Morgan fingerprint density at radius 1 is 1.60 bits per heavy atom. The van der Waals surface area contributed by atoms with E-state index in [0.29, 0.717) is 12.8 Å². The third kappa shape index (κ3) is 1.57. The Labute approximate surface area is 61.2 Å². The number of hydrogen-bond donors (Lipinski definition) is 1. The quantitative estimate of drug-likeness (QED) is 0.550. The number of ketones is 1. The molecular weight excluding hydrogens is 128 g/mol.